The maximum Gasteiger partial charge on any atom is 0.123 e. The molecule has 0 spiro atoms. The number of aromatic nitrogens is 1. The van der Waals surface area contributed by atoms with Crippen molar-refractivity contribution in [1.82, 2.24) is 9.88 Å². The van der Waals surface area contributed by atoms with Gasteiger partial charge in [-0.15, -0.1) is 0 Å². The SMILES string of the molecule is CCCCCCN(CCOCCOCCOC)CCOc1cc(CO)nc(CO)c1. The highest BCUT2D eigenvalue weighted by molar-refractivity contribution is 5.26. The molecule has 0 fully saturated rings. The van der Waals surface area contributed by atoms with Gasteiger partial charge in [0, 0.05) is 32.3 Å². The van der Waals surface area contributed by atoms with Crippen LogP contribution in [0.4, 0.5) is 0 Å². The summed E-state index contributed by atoms with van der Waals surface area (Å²) in [5, 5.41) is 18.6. The summed E-state index contributed by atoms with van der Waals surface area (Å²) in [5.74, 6) is 0.619. The van der Waals surface area contributed by atoms with Crippen LogP contribution in [0.2, 0.25) is 0 Å². The second kappa shape index (κ2) is 18.5. The topological polar surface area (TPSA) is 93.5 Å². The molecule has 0 aliphatic heterocycles. The summed E-state index contributed by atoms with van der Waals surface area (Å²) >= 11 is 0. The molecule has 0 aliphatic carbocycles. The summed E-state index contributed by atoms with van der Waals surface area (Å²) in [6, 6.07) is 3.41. The molecule has 0 unspecified atom stereocenters. The summed E-state index contributed by atoms with van der Waals surface area (Å²) in [4.78, 5) is 6.48. The zero-order chi connectivity index (χ0) is 21.9. The average Bonchev–Trinajstić information content (AvgIpc) is 2.77. The molecule has 174 valence electrons. The van der Waals surface area contributed by atoms with Crippen molar-refractivity contribution in [1.29, 1.82) is 0 Å². The van der Waals surface area contributed by atoms with Gasteiger partial charge < -0.3 is 29.2 Å². The summed E-state index contributed by atoms with van der Waals surface area (Å²) in [6.07, 6.45) is 4.86. The molecule has 8 nitrogen and oxygen atoms in total. The molecular weight excluding hydrogens is 388 g/mol. The van der Waals surface area contributed by atoms with Gasteiger partial charge in [0.15, 0.2) is 0 Å². The third kappa shape index (κ3) is 13.1. The maximum absolute atomic E-state index is 9.30. The molecule has 0 aromatic carbocycles. The van der Waals surface area contributed by atoms with Gasteiger partial charge in [0.1, 0.15) is 12.4 Å². The Labute approximate surface area is 181 Å². The molecule has 1 aromatic rings. The van der Waals surface area contributed by atoms with Crippen molar-refractivity contribution in [3.05, 3.63) is 23.5 Å². The van der Waals surface area contributed by atoms with Crippen molar-refractivity contribution >= 4 is 0 Å². The lowest BCUT2D eigenvalue weighted by Crippen LogP contribution is -2.33. The molecule has 0 saturated carbocycles. The summed E-state index contributed by atoms with van der Waals surface area (Å²) in [7, 11) is 1.66. The smallest absolute Gasteiger partial charge is 0.123 e. The third-order valence-corrected chi connectivity index (χ3v) is 4.59. The van der Waals surface area contributed by atoms with E-state index >= 15 is 0 Å². The standard InChI is InChI=1S/C22H40N2O6/c1-3-4-5-6-7-24(8-10-28-14-15-29-13-12-27-2)9-11-30-22-16-20(18-25)23-21(17-22)19-26/h16-17,25-26H,3-15,18-19H2,1-2H3. The van der Waals surface area contributed by atoms with Gasteiger partial charge in [-0.3, -0.25) is 9.88 Å². The number of pyridine rings is 1. The van der Waals surface area contributed by atoms with Crippen molar-refractivity contribution in [3.8, 4) is 5.75 Å². The quantitative estimate of drug-likeness (QED) is 0.305. The second-order valence-electron chi connectivity index (χ2n) is 7.07. The van der Waals surface area contributed by atoms with Crippen LogP contribution in [-0.2, 0) is 27.4 Å². The minimum atomic E-state index is -0.180. The lowest BCUT2D eigenvalue weighted by molar-refractivity contribution is 0.0187. The number of unbranched alkanes of at least 4 members (excludes halogenated alkanes) is 3. The first-order valence-corrected chi connectivity index (χ1v) is 10.9. The fourth-order valence-corrected chi connectivity index (χ4v) is 2.91. The van der Waals surface area contributed by atoms with Gasteiger partial charge in [0.2, 0.25) is 0 Å². The Morgan fingerprint density at radius 3 is 2.07 bits per heavy atom. The number of methoxy groups -OCH3 is 1. The van der Waals surface area contributed by atoms with Crippen LogP contribution < -0.4 is 4.74 Å². The Balaban J connectivity index is 2.36. The highest BCUT2D eigenvalue weighted by Gasteiger charge is 2.07. The van der Waals surface area contributed by atoms with E-state index < -0.39 is 0 Å². The number of hydrogen-bond acceptors (Lipinski definition) is 8. The van der Waals surface area contributed by atoms with Crippen molar-refractivity contribution < 1.29 is 29.2 Å². The number of ether oxygens (including phenoxy) is 4. The van der Waals surface area contributed by atoms with E-state index in [1.807, 2.05) is 0 Å². The van der Waals surface area contributed by atoms with Crippen molar-refractivity contribution in [2.45, 2.75) is 45.8 Å². The Bertz CT molecular complexity index is 510. The van der Waals surface area contributed by atoms with E-state index in [1.165, 1.54) is 19.3 Å². The molecule has 0 atom stereocenters. The van der Waals surface area contributed by atoms with Crippen LogP contribution in [0.5, 0.6) is 5.75 Å². The zero-order valence-electron chi connectivity index (χ0n) is 18.7. The number of aliphatic hydroxyl groups excluding tert-OH is 2. The first-order valence-electron chi connectivity index (χ1n) is 10.9. The molecular formula is C22H40N2O6. The van der Waals surface area contributed by atoms with Crippen LogP contribution in [-0.4, -0.2) is 86.5 Å². The largest absolute Gasteiger partial charge is 0.492 e. The van der Waals surface area contributed by atoms with Gasteiger partial charge in [0.25, 0.3) is 0 Å². The molecule has 0 aliphatic rings. The molecule has 1 rings (SSSR count). The molecule has 1 aromatic heterocycles. The highest BCUT2D eigenvalue weighted by Crippen LogP contribution is 2.15. The van der Waals surface area contributed by atoms with Crippen LogP contribution in [0.1, 0.15) is 44.0 Å². The average molecular weight is 429 g/mol. The van der Waals surface area contributed by atoms with Crippen molar-refractivity contribution in [3.63, 3.8) is 0 Å². The fraction of sp³-hybridized carbons (Fsp3) is 0.773. The van der Waals surface area contributed by atoms with Gasteiger partial charge in [-0.1, -0.05) is 26.2 Å². The lowest BCUT2D eigenvalue weighted by atomic mass is 10.2. The molecule has 0 amide bonds. The molecule has 30 heavy (non-hydrogen) atoms. The first kappa shape index (κ1) is 26.7. The molecule has 0 saturated heterocycles. The first-order chi connectivity index (χ1) is 14.7. The minimum Gasteiger partial charge on any atom is -0.492 e. The normalized spacial score (nSPS) is 11.4. The summed E-state index contributed by atoms with van der Waals surface area (Å²) in [5.41, 5.74) is 0.989. The number of rotatable bonds is 20. The summed E-state index contributed by atoms with van der Waals surface area (Å²) < 4.78 is 21.9. The van der Waals surface area contributed by atoms with Crippen LogP contribution in [0.15, 0.2) is 12.1 Å². The van der Waals surface area contributed by atoms with Gasteiger partial charge in [-0.2, -0.15) is 0 Å². The highest BCUT2D eigenvalue weighted by atomic mass is 16.5. The molecule has 0 bridgehead atoms. The van der Waals surface area contributed by atoms with E-state index in [2.05, 4.69) is 16.8 Å². The maximum atomic E-state index is 9.30. The van der Waals surface area contributed by atoms with Crippen LogP contribution in [0, 0.1) is 0 Å². The summed E-state index contributed by atoms with van der Waals surface area (Å²) in [6.45, 7) is 8.00. The number of nitrogens with zero attached hydrogens (tertiary/aromatic N) is 2. The van der Waals surface area contributed by atoms with E-state index in [0.717, 1.165) is 26.1 Å². The van der Waals surface area contributed by atoms with Crippen molar-refractivity contribution in [2.75, 3.05) is 66.4 Å². The van der Waals surface area contributed by atoms with Gasteiger partial charge in [-0.25, -0.2) is 0 Å². The van der Waals surface area contributed by atoms with Gasteiger partial charge in [0.05, 0.1) is 57.6 Å². The number of aliphatic hydroxyl groups is 2. The van der Waals surface area contributed by atoms with Crippen molar-refractivity contribution in [2.24, 2.45) is 0 Å². The molecule has 2 N–H and O–H groups in total. The second-order valence-corrected chi connectivity index (χ2v) is 7.07. The molecule has 0 radical (unpaired) electrons. The van der Waals surface area contributed by atoms with Crippen LogP contribution in [0.25, 0.3) is 0 Å². The van der Waals surface area contributed by atoms with E-state index in [0.29, 0.717) is 56.8 Å². The Kier molecular flexibility index (Phi) is 16.5. The number of hydrogen-bond donors (Lipinski definition) is 2. The predicted molar refractivity (Wildman–Crippen MR) is 116 cm³/mol. The Morgan fingerprint density at radius 2 is 1.43 bits per heavy atom. The van der Waals surface area contributed by atoms with Gasteiger partial charge >= 0.3 is 0 Å². The predicted octanol–water partition coefficient (Wildman–Crippen LogP) is 2.01. The van der Waals surface area contributed by atoms with Crippen LogP contribution >= 0.6 is 0 Å². The molecule has 1 heterocycles. The Morgan fingerprint density at radius 1 is 0.800 bits per heavy atom. The monoisotopic (exact) mass is 428 g/mol. The van der Waals surface area contributed by atoms with Gasteiger partial charge in [-0.05, 0) is 13.0 Å². The zero-order valence-corrected chi connectivity index (χ0v) is 18.7. The lowest BCUT2D eigenvalue weighted by Gasteiger charge is -2.22. The van der Waals surface area contributed by atoms with E-state index in [-0.39, 0.29) is 13.2 Å². The molecule has 8 heteroatoms. The minimum absolute atomic E-state index is 0.180. The van der Waals surface area contributed by atoms with E-state index in [4.69, 9.17) is 18.9 Å². The fourth-order valence-electron chi connectivity index (χ4n) is 2.91. The van der Waals surface area contributed by atoms with E-state index in [1.54, 1.807) is 19.2 Å². The van der Waals surface area contributed by atoms with Crippen LogP contribution in [0.3, 0.4) is 0 Å². The Hall–Kier alpha value is -1.29. The third-order valence-electron chi connectivity index (χ3n) is 4.59. The van der Waals surface area contributed by atoms with E-state index in [9.17, 15) is 10.2 Å².